The highest BCUT2D eigenvalue weighted by Crippen LogP contribution is 2.44. The predicted molar refractivity (Wildman–Crippen MR) is 146 cm³/mol. The van der Waals surface area contributed by atoms with Gasteiger partial charge in [0, 0.05) is 11.1 Å². The third-order valence-electron chi connectivity index (χ3n) is 7.01. The fraction of sp³-hybridized carbons (Fsp3) is 0.290. The molecule has 0 N–H and O–H groups in total. The smallest absolute Gasteiger partial charge is 0.134 e. The third-order valence-corrected chi connectivity index (χ3v) is 8.18. The molecular weight excluding hydrogens is 448 g/mol. The summed E-state index contributed by atoms with van der Waals surface area (Å²) < 4.78 is 6.00. The Labute approximate surface area is 211 Å². The van der Waals surface area contributed by atoms with Crippen LogP contribution >= 0.6 is 11.3 Å². The van der Waals surface area contributed by atoms with Crippen molar-refractivity contribution >= 4 is 33.3 Å². The maximum absolute atomic E-state index is 9.80. The summed E-state index contributed by atoms with van der Waals surface area (Å²) in [5.41, 5.74) is 4.42. The molecule has 0 amide bonds. The van der Waals surface area contributed by atoms with Crippen molar-refractivity contribution in [3.8, 4) is 11.8 Å². The van der Waals surface area contributed by atoms with Crippen molar-refractivity contribution in [1.29, 1.82) is 5.26 Å². The zero-order valence-electron chi connectivity index (χ0n) is 20.5. The molecule has 0 spiro atoms. The van der Waals surface area contributed by atoms with Crippen LogP contribution < -0.4 is 4.74 Å². The van der Waals surface area contributed by atoms with Crippen molar-refractivity contribution in [2.75, 3.05) is 0 Å². The second-order valence-corrected chi connectivity index (χ2v) is 11.5. The van der Waals surface area contributed by atoms with Gasteiger partial charge in [0.2, 0.25) is 0 Å². The van der Waals surface area contributed by atoms with Gasteiger partial charge in [0.05, 0.1) is 5.56 Å². The Balaban J connectivity index is 1.25. The first kappa shape index (κ1) is 23.3. The Morgan fingerprint density at radius 3 is 2.57 bits per heavy atom. The summed E-state index contributed by atoms with van der Waals surface area (Å²) in [6.07, 6.45) is 5.03. The monoisotopic (exact) mass is 478 g/mol. The van der Waals surface area contributed by atoms with Crippen molar-refractivity contribution in [3.63, 3.8) is 0 Å². The van der Waals surface area contributed by atoms with E-state index in [1.54, 1.807) is 11.3 Å². The van der Waals surface area contributed by atoms with E-state index in [1.165, 1.54) is 21.2 Å². The lowest BCUT2D eigenvalue weighted by molar-refractivity contribution is 0.218. The molecule has 3 aromatic carbocycles. The van der Waals surface area contributed by atoms with E-state index in [9.17, 15) is 5.26 Å². The Bertz CT molecular complexity index is 1420. The van der Waals surface area contributed by atoms with Crippen LogP contribution in [0.1, 0.15) is 54.3 Å². The van der Waals surface area contributed by atoms with Crippen molar-refractivity contribution in [1.82, 2.24) is 0 Å². The summed E-state index contributed by atoms with van der Waals surface area (Å²) in [4.78, 5) is 6.07. The van der Waals surface area contributed by atoms with E-state index in [-0.39, 0.29) is 5.41 Å². The van der Waals surface area contributed by atoms with Crippen LogP contribution in [0.2, 0.25) is 0 Å². The van der Waals surface area contributed by atoms with Crippen LogP contribution in [0.25, 0.3) is 10.8 Å². The summed E-state index contributed by atoms with van der Waals surface area (Å²) in [6.45, 7) is 7.47. The van der Waals surface area contributed by atoms with Gasteiger partial charge in [0.15, 0.2) is 0 Å². The molecule has 0 aliphatic heterocycles. The van der Waals surface area contributed by atoms with Gasteiger partial charge in [-0.2, -0.15) is 5.26 Å². The van der Waals surface area contributed by atoms with Crippen LogP contribution in [0, 0.1) is 22.7 Å². The Kier molecular flexibility index (Phi) is 6.45. The lowest BCUT2D eigenvalue weighted by Gasteiger charge is -2.33. The van der Waals surface area contributed by atoms with Gasteiger partial charge in [-0.15, -0.1) is 11.3 Å². The lowest BCUT2D eigenvalue weighted by atomic mass is 9.72. The maximum atomic E-state index is 9.80. The standard InChI is InChI=1S/C31H30N2OS/c1-31(2,3)25-12-15-27-28(18-32)30(35-29(27)17-25)33-19-21-9-13-26(14-10-21)34-20-22-8-11-23-6-4-5-7-24(23)16-22/h4-11,13-14,16,19,25H,12,15,17,20H2,1-3H3/t25-/m0/s1. The zero-order chi connectivity index (χ0) is 24.4. The molecule has 176 valence electrons. The van der Waals surface area contributed by atoms with Crippen LogP contribution in [0.15, 0.2) is 71.7 Å². The molecule has 1 heterocycles. The topological polar surface area (TPSA) is 45.4 Å². The van der Waals surface area contributed by atoms with Crippen molar-refractivity contribution in [3.05, 3.63) is 93.9 Å². The van der Waals surface area contributed by atoms with Crippen LogP contribution in [0.3, 0.4) is 0 Å². The van der Waals surface area contributed by atoms with E-state index >= 15 is 0 Å². The van der Waals surface area contributed by atoms with E-state index in [1.807, 2.05) is 30.5 Å². The molecule has 0 saturated heterocycles. The van der Waals surface area contributed by atoms with Crippen LogP contribution in [-0.2, 0) is 19.4 Å². The number of aliphatic imine (C=N–C) groups is 1. The summed E-state index contributed by atoms with van der Waals surface area (Å²) in [7, 11) is 0. The highest BCUT2D eigenvalue weighted by molar-refractivity contribution is 7.16. The number of nitriles is 1. The zero-order valence-corrected chi connectivity index (χ0v) is 21.4. The van der Waals surface area contributed by atoms with Crippen molar-refractivity contribution < 1.29 is 4.74 Å². The molecule has 1 atom stereocenters. The summed E-state index contributed by atoms with van der Waals surface area (Å²) in [5.74, 6) is 1.48. The second-order valence-electron chi connectivity index (χ2n) is 10.4. The molecule has 3 nitrogen and oxygen atoms in total. The Morgan fingerprint density at radius 2 is 1.83 bits per heavy atom. The fourth-order valence-corrected chi connectivity index (χ4v) is 6.02. The van der Waals surface area contributed by atoms with Crippen molar-refractivity contribution in [2.24, 2.45) is 16.3 Å². The molecule has 0 unspecified atom stereocenters. The first-order valence-corrected chi connectivity index (χ1v) is 13.0. The van der Waals surface area contributed by atoms with E-state index in [4.69, 9.17) is 9.73 Å². The van der Waals surface area contributed by atoms with Gasteiger partial charge in [-0.3, -0.25) is 0 Å². The van der Waals surface area contributed by atoms with E-state index in [2.05, 4.69) is 69.3 Å². The average Bonchev–Trinajstić information content (AvgIpc) is 3.23. The largest absolute Gasteiger partial charge is 0.489 e. The maximum Gasteiger partial charge on any atom is 0.134 e. The van der Waals surface area contributed by atoms with Gasteiger partial charge in [-0.25, -0.2) is 4.99 Å². The highest BCUT2D eigenvalue weighted by atomic mass is 32.1. The van der Waals surface area contributed by atoms with Crippen LogP contribution in [0.5, 0.6) is 5.75 Å². The molecule has 4 heteroatoms. The molecule has 0 saturated carbocycles. The molecular formula is C31H30N2OS. The minimum atomic E-state index is 0.288. The Hall–Kier alpha value is -3.42. The first-order chi connectivity index (χ1) is 16.9. The molecule has 1 aliphatic carbocycles. The van der Waals surface area contributed by atoms with Gasteiger partial charge in [0.1, 0.15) is 23.4 Å². The molecule has 0 fully saturated rings. The summed E-state index contributed by atoms with van der Waals surface area (Å²) in [5, 5.41) is 13.1. The number of hydrogen-bond donors (Lipinski definition) is 0. The highest BCUT2D eigenvalue weighted by Gasteiger charge is 2.32. The number of ether oxygens (including phenoxy) is 1. The quantitative estimate of drug-likeness (QED) is 0.271. The minimum absolute atomic E-state index is 0.288. The summed E-state index contributed by atoms with van der Waals surface area (Å²) >= 11 is 1.69. The number of hydrogen-bond acceptors (Lipinski definition) is 4. The van der Waals surface area contributed by atoms with E-state index in [0.717, 1.165) is 46.7 Å². The molecule has 0 radical (unpaired) electrons. The number of fused-ring (bicyclic) bond motifs is 2. The third kappa shape index (κ3) is 5.16. The molecule has 35 heavy (non-hydrogen) atoms. The number of nitrogens with zero attached hydrogens (tertiary/aromatic N) is 2. The number of thiophene rings is 1. The molecule has 4 aromatic rings. The molecule has 0 bridgehead atoms. The molecule has 1 aliphatic rings. The van der Waals surface area contributed by atoms with Gasteiger partial charge in [-0.1, -0.05) is 57.2 Å². The lowest BCUT2D eigenvalue weighted by Crippen LogP contribution is -2.26. The van der Waals surface area contributed by atoms with Gasteiger partial charge < -0.3 is 4.74 Å². The van der Waals surface area contributed by atoms with E-state index in [0.29, 0.717) is 12.5 Å². The normalized spacial score (nSPS) is 15.8. The SMILES string of the molecule is CC(C)(C)[C@H]1CCc2c(sc(N=Cc3ccc(OCc4ccc5ccccc5c4)cc3)c2C#N)C1. The van der Waals surface area contributed by atoms with Gasteiger partial charge in [0.25, 0.3) is 0 Å². The second kappa shape index (κ2) is 9.68. The van der Waals surface area contributed by atoms with Gasteiger partial charge >= 0.3 is 0 Å². The molecule has 5 rings (SSSR count). The van der Waals surface area contributed by atoms with Crippen molar-refractivity contribution in [2.45, 2.75) is 46.6 Å². The minimum Gasteiger partial charge on any atom is -0.489 e. The molecule has 1 aromatic heterocycles. The Morgan fingerprint density at radius 1 is 1.06 bits per heavy atom. The number of rotatable bonds is 5. The first-order valence-electron chi connectivity index (χ1n) is 12.2. The predicted octanol–water partition coefficient (Wildman–Crippen LogP) is 8.25. The number of benzene rings is 3. The average molecular weight is 479 g/mol. The fourth-order valence-electron chi connectivity index (χ4n) is 4.80. The van der Waals surface area contributed by atoms with E-state index < -0.39 is 0 Å². The summed E-state index contributed by atoms with van der Waals surface area (Å²) in [6, 6.07) is 25.2. The van der Waals surface area contributed by atoms with Gasteiger partial charge in [-0.05, 0) is 88.4 Å². The van der Waals surface area contributed by atoms with Crippen LogP contribution in [0.4, 0.5) is 5.00 Å². The van der Waals surface area contributed by atoms with Crippen LogP contribution in [-0.4, -0.2) is 6.21 Å².